The standard InChI is InChI=1S/C37H43ClF3N5O4.C2HF3O2/c1-21-22(2)36(49)44(3)18-26(21)24-15-29(38)27(33(16-24)50-4)19-45-12-11-28(37(40,41)20-45)23-9-13-46(14-10-23)32-7-5-25(17-30(32)39)42-31-6-8-34(47)43-35(31)48;3-2(4,5)1(6)7/h5,7,15-18,23,28,31,42H,6,8-14,19-20H2,1-4H3,(H,43,47,48);(H,6,7). The zero-order chi connectivity index (χ0) is 42.0. The van der Waals surface area contributed by atoms with Crippen molar-refractivity contribution in [3.8, 4) is 16.9 Å². The van der Waals surface area contributed by atoms with Gasteiger partial charge in [-0.15, -0.1) is 0 Å². The Morgan fingerprint density at radius 3 is 2.28 bits per heavy atom. The normalized spacial score (nSPS) is 20.4. The highest BCUT2D eigenvalue weighted by Crippen LogP contribution is 2.44. The molecule has 0 radical (unpaired) electrons. The average molecular weight is 828 g/mol. The highest BCUT2D eigenvalue weighted by atomic mass is 35.5. The second-order valence-corrected chi connectivity index (χ2v) is 15.1. The third-order valence-electron chi connectivity index (χ3n) is 11.0. The van der Waals surface area contributed by atoms with Gasteiger partial charge in [0, 0.05) is 72.6 Å². The molecule has 3 aliphatic heterocycles. The van der Waals surface area contributed by atoms with Gasteiger partial charge in [-0.05, 0) is 93.5 Å². The van der Waals surface area contributed by atoms with Crippen LogP contribution in [0.1, 0.15) is 48.8 Å². The van der Waals surface area contributed by atoms with E-state index in [-0.39, 0.29) is 30.3 Å². The zero-order valence-corrected chi connectivity index (χ0v) is 32.5. The van der Waals surface area contributed by atoms with Crippen LogP contribution in [0.3, 0.4) is 0 Å². The number of methoxy groups -OCH3 is 1. The minimum atomic E-state index is -5.08. The van der Waals surface area contributed by atoms with Gasteiger partial charge in [0.1, 0.15) is 17.6 Å². The molecule has 2 aromatic carbocycles. The molecule has 0 spiro atoms. The summed E-state index contributed by atoms with van der Waals surface area (Å²) in [6.45, 7) is 4.90. The maximum atomic E-state index is 15.8. The van der Waals surface area contributed by atoms with Gasteiger partial charge in [0.25, 0.3) is 11.5 Å². The maximum absolute atomic E-state index is 15.8. The number of piperidine rings is 3. The number of carbonyl (C=O) groups excluding carboxylic acids is 2. The van der Waals surface area contributed by atoms with Crippen LogP contribution in [0, 0.1) is 31.5 Å². The Kier molecular flexibility index (Phi) is 13.2. The van der Waals surface area contributed by atoms with Crippen LogP contribution < -0.4 is 25.8 Å². The number of aromatic nitrogens is 1. The lowest BCUT2D eigenvalue weighted by Gasteiger charge is -2.45. The van der Waals surface area contributed by atoms with Crippen molar-refractivity contribution >= 4 is 40.8 Å². The molecule has 0 bridgehead atoms. The SMILES string of the molecule is COc1cc(-c2cn(C)c(=O)c(C)c2C)cc(Cl)c1CN1CCC(C2CCN(c3ccc(NC4CCC(=O)NC4=O)cc3F)CC2)C(F)(F)C1.O=C(O)C(F)(F)F. The van der Waals surface area contributed by atoms with E-state index in [4.69, 9.17) is 26.2 Å². The summed E-state index contributed by atoms with van der Waals surface area (Å²) >= 11 is 6.78. The summed E-state index contributed by atoms with van der Waals surface area (Å²) in [6, 6.07) is 7.70. The summed E-state index contributed by atoms with van der Waals surface area (Å²) in [6.07, 6.45) is -1.38. The number of amides is 2. The molecule has 3 aliphatic rings. The van der Waals surface area contributed by atoms with Crippen LogP contribution in [-0.2, 0) is 28.0 Å². The van der Waals surface area contributed by atoms with E-state index < -0.39 is 48.3 Å². The van der Waals surface area contributed by atoms with Gasteiger partial charge in [-0.3, -0.25) is 24.6 Å². The number of nitrogens with one attached hydrogen (secondary N) is 2. The lowest BCUT2D eigenvalue weighted by atomic mass is 9.76. The Bertz CT molecular complexity index is 2070. The topological polar surface area (TPSA) is 133 Å². The van der Waals surface area contributed by atoms with Crippen molar-refractivity contribution in [1.29, 1.82) is 0 Å². The number of hydrogen-bond donors (Lipinski definition) is 3. The van der Waals surface area contributed by atoms with Crippen molar-refractivity contribution in [1.82, 2.24) is 14.8 Å². The molecule has 3 aromatic rings. The number of carboxylic acids is 1. The van der Waals surface area contributed by atoms with Gasteiger partial charge in [-0.1, -0.05) is 11.6 Å². The number of halogens is 7. The maximum Gasteiger partial charge on any atom is 0.490 e. The largest absolute Gasteiger partial charge is 0.496 e. The summed E-state index contributed by atoms with van der Waals surface area (Å²) in [4.78, 5) is 48.4. The molecular weight excluding hydrogens is 784 g/mol. The van der Waals surface area contributed by atoms with E-state index in [1.165, 1.54) is 17.7 Å². The van der Waals surface area contributed by atoms with Crippen molar-refractivity contribution < 1.29 is 50.6 Å². The van der Waals surface area contributed by atoms with E-state index in [0.29, 0.717) is 78.6 Å². The third kappa shape index (κ3) is 10.0. The summed E-state index contributed by atoms with van der Waals surface area (Å²) in [7, 11) is 3.23. The minimum Gasteiger partial charge on any atom is -0.496 e. The molecule has 57 heavy (non-hydrogen) atoms. The van der Waals surface area contributed by atoms with Crippen molar-refractivity contribution in [3.63, 3.8) is 0 Å². The molecule has 3 fully saturated rings. The molecule has 2 atom stereocenters. The number of hydrogen-bond acceptors (Lipinski definition) is 8. The molecule has 1 aromatic heterocycles. The van der Waals surface area contributed by atoms with Crippen LogP contribution in [0.4, 0.5) is 37.7 Å². The quantitative estimate of drug-likeness (QED) is 0.168. The first kappa shape index (κ1) is 43.4. The van der Waals surface area contributed by atoms with Crippen molar-refractivity contribution in [2.75, 3.05) is 43.5 Å². The van der Waals surface area contributed by atoms with Crippen LogP contribution in [0.5, 0.6) is 5.75 Å². The number of pyridine rings is 1. The number of imide groups is 1. The van der Waals surface area contributed by atoms with Gasteiger partial charge < -0.3 is 24.6 Å². The molecule has 3 saturated heterocycles. The average Bonchev–Trinajstić information content (AvgIpc) is 3.14. The number of alkyl halides is 5. The Labute approximate surface area is 329 Å². The number of anilines is 2. The molecule has 310 valence electrons. The lowest BCUT2D eigenvalue weighted by molar-refractivity contribution is -0.192. The molecule has 4 heterocycles. The van der Waals surface area contributed by atoms with Crippen LogP contribution in [0.15, 0.2) is 41.3 Å². The van der Waals surface area contributed by atoms with E-state index in [0.717, 1.165) is 16.7 Å². The number of nitrogens with zero attached hydrogens (tertiary/aromatic N) is 3. The summed E-state index contributed by atoms with van der Waals surface area (Å²) in [5.74, 6) is -7.34. The second-order valence-electron chi connectivity index (χ2n) is 14.7. The highest BCUT2D eigenvalue weighted by Gasteiger charge is 2.48. The summed E-state index contributed by atoms with van der Waals surface area (Å²) in [5, 5.41) is 12.8. The first-order valence-corrected chi connectivity index (χ1v) is 18.7. The number of aliphatic carboxylic acids is 1. The first-order valence-electron chi connectivity index (χ1n) is 18.3. The zero-order valence-electron chi connectivity index (χ0n) is 31.7. The van der Waals surface area contributed by atoms with Gasteiger partial charge >= 0.3 is 12.1 Å². The minimum absolute atomic E-state index is 0.0717. The van der Waals surface area contributed by atoms with Gasteiger partial charge in [0.05, 0.1) is 19.3 Å². The molecule has 18 heteroatoms. The number of carbonyl (C=O) groups is 3. The fraction of sp³-hybridized carbons (Fsp3) is 0.487. The number of aryl methyl sites for hydroxylation is 1. The molecule has 3 N–H and O–H groups in total. The number of likely N-dealkylation sites (tertiary alicyclic amines) is 1. The van der Waals surface area contributed by atoms with Gasteiger partial charge in [-0.25, -0.2) is 18.0 Å². The van der Waals surface area contributed by atoms with E-state index in [2.05, 4.69) is 10.6 Å². The first-order chi connectivity index (χ1) is 26.7. The molecule has 2 unspecified atom stereocenters. The Morgan fingerprint density at radius 2 is 1.70 bits per heavy atom. The van der Waals surface area contributed by atoms with Crippen LogP contribution in [0.25, 0.3) is 11.1 Å². The summed E-state index contributed by atoms with van der Waals surface area (Å²) < 4.78 is 85.8. The number of benzene rings is 2. The third-order valence-corrected chi connectivity index (χ3v) is 11.3. The van der Waals surface area contributed by atoms with Crippen LogP contribution in [-0.4, -0.2) is 83.8 Å². The van der Waals surface area contributed by atoms with E-state index in [1.807, 2.05) is 17.9 Å². The number of ether oxygens (including phenoxy) is 1. The van der Waals surface area contributed by atoms with Crippen LogP contribution >= 0.6 is 11.6 Å². The second kappa shape index (κ2) is 17.4. The smallest absolute Gasteiger partial charge is 0.490 e. The van der Waals surface area contributed by atoms with E-state index in [9.17, 15) is 27.6 Å². The molecule has 0 saturated carbocycles. The van der Waals surface area contributed by atoms with Gasteiger partial charge in [-0.2, -0.15) is 13.2 Å². The van der Waals surface area contributed by atoms with Crippen LogP contribution in [0.2, 0.25) is 5.02 Å². The molecule has 11 nitrogen and oxygen atoms in total. The number of rotatable bonds is 8. The number of carboxylic acid groups (broad SMARTS) is 1. The highest BCUT2D eigenvalue weighted by molar-refractivity contribution is 6.32. The van der Waals surface area contributed by atoms with Crippen molar-refractivity contribution in [3.05, 3.63) is 74.4 Å². The van der Waals surface area contributed by atoms with E-state index in [1.54, 1.807) is 43.3 Å². The summed E-state index contributed by atoms with van der Waals surface area (Å²) in [5.41, 5.74) is 4.51. The Hall–Kier alpha value is -4.77. The predicted octanol–water partition coefficient (Wildman–Crippen LogP) is 6.69. The predicted molar refractivity (Wildman–Crippen MR) is 201 cm³/mol. The van der Waals surface area contributed by atoms with Gasteiger partial charge in [0.15, 0.2) is 0 Å². The molecular formula is C39H44ClF6N5O6. The lowest BCUT2D eigenvalue weighted by Crippen LogP contribution is -2.52. The van der Waals surface area contributed by atoms with Crippen molar-refractivity contribution in [2.24, 2.45) is 18.9 Å². The molecule has 0 aliphatic carbocycles. The molecule has 2 amide bonds. The Morgan fingerprint density at radius 1 is 1.04 bits per heavy atom. The van der Waals surface area contributed by atoms with E-state index >= 15 is 13.2 Å². The van der Waals surface area contributed by atoms with Gasteiger partial charge in [0.2, 0.25) is 11.8 Å². The van der Waals surface area contributed by atoms with Crippen molar-refractivity contribution in [2.45, 2.75) is 70.6 Å². The molecule has 6 rings (SSSR count). The fourth-order valence-corrected chi connectivity index (χ4v) is 8.03. The Balaban J connectivity index is 0.000000811. The fourth-order valence-electron chi connectivity index (χ4n) is 7.76. The monoisotopic (exact) mass is 827 g/mol.